The Bertz CT molecular complexity index is 1900. The van der Waals surface area contributed by atoms with Crippen molar-refractivity contribution >= 4 is 49.3 Å². The Morgan fingerprint density at radius 2 is 1.44 bits per heavy atom. The van der Waals surface area contributed by atoms with E-state index in [2.05, 4.69) is 10.0 Å². The molecule has 1 unspecified atom stereocenters. The topological polar surface area (TPSA) is 115 Å². The van der Waals surface area contributed by atoms with Crippen LogP contribution in [0.1, 0.15) is 45.2 Å². The van der Waals surface area contributed by atoms with Gasteiger partial charge < -0.3 is 14.5 Å². The van der Waals surface area contributed by atoms with Crippen LogP contribution in [0.4, 0.5) is 5.69 Å². The molecule has 0 aliphatic carbocycles. The third-order valence-electron chi connectivity index (χ3n) is 6.90. The number of ether oxygens (including phenoxy) is 1. The molecule has 0 saturated heterocycles. The summed E-state index contributed by atoms with van der Waals surface area (Å²) < 4.78 is 39.9. The molecule has 0 saturated carbocycles. The summed E-state index contributed by atoms with van der Waals surface area (Å²) in [7, 11) is -3.98. The lowest BCUT2D eigenvalue weighted by molar-refractivity contribution is -0.158. The number of furan rings is 1. The van der Waals surface area contributed by atoms with Gasteiger partial charge in [0.2, 0.25) is 10.0 Å². The number of carbonyl (C=O) groups excluding carboxylic acids is 2. The Kier molecular flexibility index (Phi) is 8.14. The molecular formula is C34H34N2O6S. The van der Waals surface area contributed by atoms with Crippen molar-refractivity contribution in [2.75, 3.05) is 5.32 Å². The second kappa shape index (κ2) is 11.7. The number of carbonyl (C=O) groups is 2. The number of rotatable bonds is 8. The maximum Gasteiger partial charge on any atom is 0.324 e. The first-order chi connectivity index (χ1) is 20.3. The third-order valence-corrected chi connectivity index (χ3v) is 8.36. The third kappa shape index (κ3) is 6.79. The summed E-state index contributed by atoms with van der Waals surface area (Å²) in [5.74, 6) is -1.08. The first-order valence-electron chi connectivity index (χ1n) is 14.0. The van der Waals surface area contributed by atoms with Crippen molar-refractivity contribution in [3.63, 3.8) is 0 Å². The molecule has 43 heavy (non-hydrogen) atoms. The van der Waals surface area contributed by atoms with Crippen LogP contribution in [0.25, 0.3) is 32.9 Å². The number of benzene rings is 4. The Hall–Kier alpha value is -4.47. The maximum absolute atomic E-state index is 13.1. The number of fused-ring (bicyclic) bond motifs is 3. The predicted octanol–water partition coefficient (Wildman–Crippen LogP) is 7.15. The molecule has 0 spiro atoms. The zero-order chi connectivity index (χ0) is 30.9. The largest absolute Gasteiger partial charge is 0.459 e. The number of sulfonamides is 1. The highest BCUT2D eigenvalue weighted by Gasteiger charge is 2.32. The summed E-state index contributed by atoms with van der Waals surface area (Å²) in [6.07, 6.45) is 0. The highest BCUT2D eigenvalue weighted by atomic mass is 32.2. The van der Waals surface area contributed by atoms with E-state index < -0.39 is 27.6 Å². The minimum absolute atomic E-state index is 0.0351. The molecule has 1 aromatic heterocycles. The van der Waals surface area contributed by atoms with Gasteiger partial charge in [0.05, 0.1) is 4.90 Å². The predicted molar refractivity (Wildman–Crippen MR) is 168 cm³/mol. The van der Waals surface area contributed by atoms with Crippen LogP contribution in [0.15, 0.2) is 100 Å². The minimum atomic E-state index is -3.98. The lowest BCUT2D eigenvalue weighted by Gasteiger charge is -2.26. The van der Waals surface area contributed by atoms with E-state index in [0.717, 1.165) is 27.3 Å². The molecule has 0 aliphatic rings. The number of hydrogen-bond acceptors (Lipinski definition) is 6. The monoisotopic (exact) mass is 598 g/mol. The van der Waals surface area contributed by atoms with Gasteiger partial charge in [-0.3, -0.25) is 9.59 Å². The van der Waals surface area contributed by atoms with Crippen molar-refractivity contribution in [2.45, 2.75) is 51.2 Å². The first kappa shape index (κ1) is 30.0. The zero-order valence-corrected chi connectivity index (χ0v) is 25.5. The van der Waals surface area contributed by atoms with Crippen molar-refractivity contribution < 1.29 is 27.2 Å². The fourth-order valence-electron chi connectivity index (χ4n) is 4.73. The zero-order valence-electron chi connectivity index (χ0n) is 24.7. The van der Waals surface area contributed by atoms with Crippen LogP contribution < -0.4 is 10.0 Å². The van der Waals surface area contributed by atoms with E-state index in [0.29, 0.717) is 11.3 Å². The van der Waals surface area contributed by atoms with Gasteiger partial charge in [-0.05, 0) is 85.0 Å². The number of hydrogen-bond donors (Lipinski definition) is 2. The van der Waals surface area contributed by atoms with E-state index in [9.17, 15) is 18.0 Å². The Balaban J connectivity index is 1.27. The van der Waals surface area contributed by atoms with Crippen molar-refractivity contribution in [2.24, 2.45) is 5.92 Å². The van der Waals surface area contributed by atoms with Gasteiger partial charge in [0.15, 0.2) is 5.76 Å². The van der Waals surface area contributed by atoms with Crippen LogP contribution >= 0.6 is 0 Å². The van der Waals surface area contributed by atoms with Crippen LogP contribution in [0.5, 0.6) is 0 Å². The highest BCUT2D eigenvalue weighted by Crippen LogP contribution is 2.29. The summed E-state index contributed by atoms with van der Waals surface area (Å²) in [5, 5.41) is 5.83. The van der Waals surface area contributed by atoms with Gasteiger partial charge in [-0.15, -0.1) is 0 Å². The quantitative estimate of drug-likeness (QED) is 0.183. The van der Waals surface area contributed by atoms with Crippen molar-refractivity contribution in [3.05, 3.63) is 96.8 Å². The normalized spacial score (nSPS) is 12.9. The SMILES string of the molecule is CC(C)C(NS(=O)(=O)c1ccc(-c2ccc(NC(=O)c3cc4c(ccc5ccccc54)o3)cc2)cc1)C(=O)OC(C)(C)C. The summed E-state index contributed by atoms with van der Waals surface area (Å²) in [6, 6.07) is 26.1. The van der Waals surface area contributed by atoms with Gasteiger partial charge >= 0.3 is 5.97 Å². The van der Waals surface area contributed by atoms with E-state index in [4.69, 9.17) is 9.15 Å². The van der Waals surface area contributed by atoms with Crippen LogP contribution in [-0.4, -0.2) is 31.9 Å². The molecule has 0 aliphatic heterocycles. The lowest BCUT2D eigenvalue weighted by Crippen LogP contribution is -2.47. The molecule has 5 rings (SSSR count). The minimum Gasteiger partial charge on any atom is -0.459 e. The smallest absolute Gasteiger partial charge is 0.324 e. The van der Waals surface area contributed by atoms with Crippen LogP contribution in [-0.2, 0) is 19.6 Å². The molecule has 0 bridgehead atoms. The Morgan fingerprint density at radius 3 is 2.07 bits per heavy atom. The van der Waals surface area contributed by atoms with Gasteiger partial charge in [-0.2, -0.15) is 4.72 Å². The molecule has 4 aromatic carbocycles. The highest BCUT2D eigenvalue weighted by molar-refractivity contribution is 7.89. The molecule has 1 atom stereocenters. The summed E-state index contributed by atoms with van der Waals surface area (Å²) in [5.41, 5.74) is 2.11. The standard InChI is InChI=1S/C34H34N2O6S/c1-21(2)31(33(38)42-34(3,4)5)36-43(39,40)26-17-12-23(13-18-26)22-10-15-25(16-11-22)35-32(37)30-20-28-27-9-7-6-8-24(27)14-19-29(28)41-30/h6-21,31,36H,1-5H3,(H,35,37). The first-order valence-corrected chi connectivity index (χ1v) is 15.5. The number of amides is 1. The summed E-state index contributed by atoms with van der Waals surface area (Å²) in [6.45, 7) is 8.71. The summed E-state index contributed by atoms with van der Waals surface area (Å²) >= 11 is 0. The molecular weight excluding hydrogens is 564 g/mol. The average molecular weight is 599 g/mol. The van der Waals surface area contributed by atoms with Gasteiger partial charge in [0, 0.05) is 11.1 Å². The van der Waals surface area contributed by atoms with Crippen molar-refractivity contribution in [1.29, 1.82) is 0 Å². The molecule has 1 amide bonds. The Labute approximate surface area is 251 Å². The second-order valence-corrected chi connectivity index (χ2v) is 13.5. The number of anilines is 1. The second-order valence-electron chi connectivity index (χ2n) is 11.7. The lowest BCUT2D eigenvalue weighted by atomic mass is 10.1. The molecule has 0 fully saturated rings. The molecule has 9 heteroatoms. The summed E-state index contributed by atoms with van der Waals surface area (Å²) in [4.78, 5) is 25.6. The van der Waals surface area contributed by atoms with Crippen LogP contribution in [0.2, 0.25) is 0 Å². The molecule has 222 valence electrons. The fourth-order valence-corrected chi connectivity index (χ4v) is 6.06. The van der Waals surface area contributed by atoms with Crippen molar-refractivity contribution in [1.82, 2.24) is 4.72 Å². The van der Waals surface area contributed by atoms with E-state index in [1.165, 1.54) is 12.1 Å². The molecule has 8 nitrogen and oxygen atoms in total. The van der Waals surface area contributed by atoms with Crippen LogP contribution in [0, 0.1) is 5.92 Å². The van der Waals surface area contributed by atoms with E-state index in [1.807, 2.05) is 48.5 Å². The van der Waals surface area contributed by atoms with E-state index in [1.54, 1.807) is 65.0 Å². The van der Waals surface area contributed by atoms with E-state index in [-0.39, 0.29) is 22.5 Å². The maximum atomic E-state index is 13.1. The van der Waals surface area contributed by atoms with Crippen molar-refractivity contribution in [3.8, 4) is 11.1 Å². The van der Waals surface area contributed by atoms with Gasteiger partial charge in [0.25, 0.3) is 5.91 Å². The fraction of sp³-hybridized carbons (Fsp3) is 0.235. The van der Waals surface area contributed by atoms with E-state index >= 15 is 0 Å². The average Bonchev–Trinajstić information content (AvgIpc) is 3.41. The molecule has 5 aromatic rings. The Morgan fingerprint density at radius 1 is 0.814 bits per heavy atom. The molecule has 1 heterocycles. The van der Waals surface area contributed by atoms with Gasteiger partial charge in [-0.25, -0.2) is 8.42 Å². The number of nitrogens with one attached hydrogen (secondary N) is 2. The van der Waals surface area contributed by atoms with Gasteiger partial charge in [0.1, 0.15) is 17.2 Å². The van der Waals surface area contributed by atoms with Crippen LogP contribution in [0.3, 0.4) is 0 Å². The van der Waals surface area contributed by atoms with Gasteiger partial charge in [-0.1, -0.05) is 68.4 Å². The molecule has 2 N–H and O–H groups in total. The molecule has 0 radical (unpaired) electrons. The number of esters is 1.